The highest BCUT2D eigenvalue weighted by Crippen LogP contribution is 2.32. The van der Waals surface area contributed by atoms with E-state index in [1.807, 2.05) is 24.3 Å². The molecular weight excluding hydrogens is 294 g/mol. The fraction of sp³-hybridized carbons (Fsp3) is 0.176. The van der Waals surface area contributed by atoms with E-state index in [1.54, 1.807) is 6.26 Å². The van der Waals surface area contributed by atoms with Crippen LogP contribution in [0.4, 0.5) is 11.4 Å². The van der Waals surface area contributed by atoms with Gasteiger partial charge in [0, 0.05) is 22.8 Å². The molecule has 22 heavy (non-hydrogen) atoms. The maximum Gasteiger partial charge on any atom is 0.178 e. The zero-order chi connectivity index (χ0) is 15.1. The van der Waals surface area contributed by atoms with Crippen LogP contribution in [-0.4, -0.2) is 16.3 Å². The monoisotopic (exact) mass is 309 g/mol. The lowest BCUT2D eigenvalue weighted by molar-refractivity contribution is 0.428. The first-order chi connectivity index (χ1) is 10.7. The Balaban J connectivity index is 1.62. The molecule has 0 spiro atoms. The molecule has 4 rings (SSSR count). The molecule has 1 aliphatic rings. The van der Waals surface area contributed by atoms with Gasteiger partial charge in [-0.2, -0.15) is 0 Å². The Bertz CT molecular complexity index is 858. The summed E-state index contributed by atoms with van der Waals surface area (Å²) in [4.78, 5) is 2.18. The van der Waals surface area contributed by atoms with E-state index >= 15 is 0 Å². The third-order valence-corrected chi connectivity index (χ3v) is 4.34. The lowest BCUT2D eigenvalue weighted by Crippen LogP contribution is -2.38. The molecule has 0 saturated heterocycles. The Morgan fingerprint density at radius 2 is 2.18 bits per heavy atom. The summed E-state index contributed by atoms with van der Waals surface area (Å²) in [6.07, 6.45) is 2.65. The predicted molar refractivity (Wildman–Crippen MR) is 92.3 cm³/mol. The number of hydrogen-bond acceptors (Lipinski definition) is 3. The van der Waals surface area contributed by atoms with Gasteiger partial charge in [0.15, 0.2) is 5.11 Å². The number of nitrogens with zero attached hydrogens (tertiary/aromatic N) is 2. The molecule has 0 aliphatic carbocycles. The zero-order valence-electron chi connectivity index (χ0n) is 12.1. The molecule has 4 nitrogen and oxygen atoms in total. The summed E-state index contributed by atoms with van der Waals surface area (Å²) in [6.45, 7) is 2.19. The minimum atomic E-state index is 0.355. The van der Waals surface area contributed by atoms with E-state index in [1.165, 1.54) is 11.3 Å². The van der Waals surface area contributed by atoms with Gasteiger partial charge in [-0.1, -0.05) is 23.4 Å². The maximum atomic E-state index is 5.62. The van der Waals surface area contributed by atoms with Crippen LogP contribution in [0.25, 0.3) is 10.9 Å². The molecule has 5 heteroatoms. The SMILES string of the molecule is C[C@H]1Cc2ccccc2N1C(=S)Nc1ccc2conc2c1. The van der Waals surface area contributed by atoms with Gasteiger partial charge in [0.1, 0.15) is 11.8 Å². The lowest BCUT2D eigenvalue weighted by Gasteiger charge is -2.26. The van der Waals surface area contributed by atoms with Gasteiger partial charge in [-0.15, -0.1) is 0 Å². The van der Waals surface area contributed by atoms with E-state index in [4.69, 9.17) is 16.7 Å². The molecule has 2 heterocycles. The second-order valence-corrected chi connectivity index (χ2v) is 5.96. The highest BCUT2D eigenvalue weighted by atomic mass is 32.1. The van der Waals surface area contributed by atoms with Crippen molar-refractivity contribution >= 4 is 39.6 Å². The molecule has 0 saturated carbocycles. The smallest absolute Gasteiger partial charge is 0.178 e. The number of rotatable bonds is 1. The van der Waals surface area contributed by atoms with Crippen LogP contribution in [0.3, 0.4) is 0 Å². The van der Waals surface area contributed by atoms with Gasteiger partial charge in [0.05, 0.1) is 0 Å². The summed E-state index contributed by atoms with van der Waals surface area (Å²) in [5, 5.41) is 8.97. The van der Waals surface area contributed by atoms with Crippen molar-refractivity contribution in [2.24, 2.45) is 0 Å². The second-order valence-electron chi connectivity index (χ2n) is 5.57. The Labute approximate surface area is 133 Å². The molecular formula is C17H15N3OS. The van der Waals surface area contributed by atoms with Crippen molar-refractivity contribution in [3.63, 3.8) is 0 Å². The maximum absolute atomic E-state index is 5.62. The average Bonchev–Trinajstić information content (AvgIpc) is 3.09. The molecule has 0 radical (unpaired) electrons. The number of fused-ring (bicyclic) bond motifs is 2. The molecule has 1 aromatic heterocycles. The van der Waals surface area contributed by atoms with E-state index in [-0.39, 0.29) is 0 Å². The molecule has 0 fully saturated rings. The first kappa shape index (κ1) is 13.3. The first-order valence-electron chi connectivity index (χ1n) is 7.24. The van der Waals surface area contributed by atoms with Crippen molar-refractivity contribution < 1.29 is 4.52 Å². The van der Waals surface area contributed by atoms with Crippen LogP contribution in [0.2, 0.25) is 0 Å². The van der Waals surface area contributed by atoms with Crippen molar-refractivity contribution in [2.45, 2.75) is 19.4 Å². The van der Waals surface area contributed by atoms with E-state index < -0.39 is 0 Å². The summed E-state index contributed by atoms with van der Waals surface area (Å²) < 4.78 is 4.97. The van der Waals surface area contributed by atoms with Gasteiger partial charge in [-0.05, 0) is 55.4 Å². The molecule has 0 bridgehead atoms. The van der Waals surface area contributed by atoms with E-state index in [0.717, 1.165) is 23.0 Å². The van der Waals surface area contributed by atoms with Crippen LogP contribution in [0.5, 0.6) is 0 Å². The van der Waals surface area contributed by atoms with Gasteiger partial charge in [-0.3, -0.25) is 0 Å². The fourth-order valence-electron chi connectivity index (χ4n) is 3.00. The summed E-state index contributed by atoms with van der Waals surface area (Å²) in [5.74, 6) is 0. The Morgan fingerprint density at radius 3 is 3.09 bits per heavy atom. The molecule has 1 atom stereocenters. The number of benzene rings is 2. The molecule has 2 aromatic carbocycles. The highest BCUT2D eigenvalue weighted by molar-refractivity contribution is 7.80. The molecule has 0 unspecified atom stereocenters. The van der Waals surface area contributed by atoms with Crippen LogP contribution in [-0.2, 0) is 6.42 Å². The molecule has 110 valence electrons. The van der Waals surface area contributed by atoms with Crippen molar-refractivity contribution in [1.82, 2.24) is 5.16 Å². The van der Waals surface area contributed by atoms with Crippen LogP contribution >= 0.6 is 12.2 Å². The third-order valence-electron chi connectivity index (χ3n) is 4.04. The molecule has 3 aromatic rings. The van der Waals surface area contributed by atoms with Gasteiger partial charge in [0.25, 0.3) is 0 Å². The minimum absolute atomic E-state index is 0.355. The average molecular weight is 309 g/mol. The normalized spacial score (nSPS) is 16.8. The molecule has 0 amide bonds. The van der Waals surface area contributed by atoms with Crippen molar-refractivity contribution in [3.05, 3.63) is 54.3 Å². The van der Waals surface area contributed by atoms with Crippen molar-refractivity contribution in [3.8, 4) is 0 Å². The largest absolute Gasteiger partial charge is 0.364 e. The number of thiocarbonyl (C=S) groups is 1. The quantitative estimate of drug-likeness (QED) is 0.689. The van der Waals surface area contributed by atoms with E-state index in [9.17, 15) is 0 Å². The topological polar surface area (TPSA) is 41.3 Å². The second kappa shape index (κ2) is 5.10. The molecule has 1 N–H and O–H groups in total. The van der Waals surface area contributed by atoms with Crippen molar-refractivity contribution in [1.29, 1.82) is 0 Å². The van der Waals surface area contributed by atoms with Gasteiger partial charge in [0.2, 0.25) is 0 Å². The summed E-state index contributed by atoms with van der Waals surface area (Å²) in [7, 11) is 0. The van der Waals surface area contributed by atoms with Crippen molar-refractivity contribution in [2.75, 3.05) is 10.2 Å². The predicted octanol–water partition coefficient (Wildman–Crippen LogP) is 3.98. The minimum Gasteiger partial charge on any atom is -0.364 e. The summed E-state index contributed by atoms with van der Waals surface area (Å²) in [6, 6.07) is 14.7. The van der Waals surface area contributed by atoms with Gasteiger partial charge in [-0.25, -0.2) is 0 Å². The fourth-order valence-corrected chi connectivity index (χ4v) is 3.39. The summed E-state index contributed by atoms with van der Waals surface area (Å²) in [5.41, 5.74) is 4.27. The summed E-state index contributed by atoms with van der Waals surface area (Å²) >= 11 is 5.62. The standard InChI is InChI=1S/C17H15N3OS/c1-11-8-12-4-2-3-5-16(12)20(11)17(22)18-14-7-6-13-10-21-19-15(13)9-14/h2-7,9-11H,8H2,1H3,(H,18,22)/t11-/m0/s1. The molecule has 1 aliphatic heterocycles. The Kier molecular flexibility index (Phi) is 3.08. The number of hydrogen-bond donors (Lipinski definition) is 1. The Morgan fingerprint density at radius 1 is 1.32 bits per heavy atom. The first-order valence-corrected chi connectivity index (χ1v) is 7.65. The number of anilines is 2. The number of para-hydroxylation sites is 1. The third kappa shape index (κ3) is 2.14. The lowest BCUT2D eigenvalue weighted by atomic mass is 10.1. The zero-order valence-corrected chi connectivity index (χ0v) is 12.9. The van der Waals surface area contributed by atoms with Crippen LogP contribution in [0.1, 0.15) is 12.5 Å². The van der Waals surface area contributed by atoms with Crippen LogP contribution < -0.4 is 10.2 Å². The number of nitrogens with one attached hydrogen (secondary N) is 1. The van der Waals surface area contributed by atoms with Crippen LogP contribution in [0.15, 0.2) is 53.3 Å². The van der Waals surface area contributed by atoms with Crippen LogP contribution in [0, 0.1) is 0 Å². The van der Waals surface area contributed by atoms with Gasteiger partial charge < -0.3 is 14.7 Å². The van der Waals surface area contributed by atoms with Gasteiger partial charge >= 0.3 is 0 Å². The Hall–Kier alpha value is -2.40. The number of aromatic nitrogens is 1. The highest BCUT2D eigenvalue weighted by Gasteiger charge is 2.28. The van der Waals surface area contributed by atoms with E-state index in [2.05, 4.69) is 40.5 Å². The van der Waals surface area contributed by atoms with E-state index in [0.29, 0.717) is 11.2 Å².